The third-order valence-corrected chi connectivity index (χ3v) is 0.270. The van der Waals surface area contributed by atoms with E-state index >= 15 is 0 Å². The molecule has 1 heterocycles. The van der Waals surface area contributed by atoms with E-state index < -0.39 is 0 Å². The molecule has 0 fully saturated rings. The molecular weight excluding hydrogens is 108 g/mol. The smallest absolute Gasteiger partial charge is 0.173 e. The van der Waals surface area contributed by atoms with Crippen LogP contribution in [-0.4, -0.2) is 20.6 Å². The zero-order valence-electron chi connectivity index (χ0n) is 3.94. The first-order valence-electron chi connectivity index (χ1n) is 1.68. The average Bonchev–Trinajstić information content (AvgIpc) is 2.17. The number of aromatic amines is 1. The topological polar surface area (TPSA) is 104 Å². The number of aromatic nitrogens is 4. The molecule has 0 unspecified atom stereocenters. The van der Waals surface area contributed by atoms with Gasteiger partial charge in [-0.2, -0.15) is 5.26 Å². The Morgan fingerprint density at radius 2 is 2.38 bits per heavy atom. The van der Waals surface area contributed by atoms with Crippen molar-refractivity contribution >= 4 is 0 Å². The number of nitrogens with one attached hydrogen (secondary N) is 1. The van der Waals surface area contributed by atoms with Crippen molar-refractivity contribution in [2.75, 3.05) is 0 Å². The predicted octanol–water partition coefficient (Wildman–Crippen LogP) is -1.37. The second-order valence-corrected chi connectivity index (χ2v) is 0.692. The fourth-order valence-corrected chi connectivity index (χ4v) is 0.129. The lowest BCUT2D eigenvalue weighted by Crippen LogP contribution is -1.69. The molecule has 6 nitrogen and oxygen atoms in total. The van der Waals surface area contributed by atoms with Crippen molar-refractivity contribution in [3.05, 3.63) is 6.33 Å². The Bertz CT molecular complexity index is 119. The molecule has 1 aromatic rings. The molecule has 8 heavy (non-hydrogen) atoms. The Balaban J connectivity index is 0.000000145. The van der Waals surface area contributed by atoms with Crippen molar-refractivity contribution in [2.24, 2.45) is 5.73 Å². The van der Waals surface area contributed by atoms with Crippen LogP contribution in [0.2, 0.25) is 0 Å². The number of rotatable bonds is 0. The molecule has 1 aromatic heterocycles. The Hall–Kier alpha value is -1.64. The van der Waals surface area contributed by atoms with E-state index in [2.05, 4.69) is 26.4 Å². The van der Waals surface area contributed by atoms with E-state index in [4.69, 9.17) is 5.26 Å². The molecule has 6 heteroatoms. The molecule has 0 saturated heterocycles. The Morgan fingerprint density at radius 3 is 2.50 bits per heavy atom. The largest absolute Gasteiger partial charge is 0.337 e. The van der Waals surface area contributed by atoms with Gasteiger partial charge in [0.2, 0.25) is 0 Å². The zero-order valence-corrected chi connectivity index (χ0v) is 3.94. The monoisotopic (exact) mass is 112 g/mol. The molecule has 0 radical (unpaired) electrons. The molecule has 0 atom stereocenters. The van der Waals surface area contributed by atoms with E-state index in [0.717, 1.165) is 0 Å². The molecule has 1 rings (SSSR count). The lowest BCUT2D eigenvalue weighted by molar-refractivity contribution is 0.881. The fraction of sp³-hybridized carbons (Fsp3) is 0. The Kier molecular flexibility index (Phi) is 4.26. The molecule has 3 N–H and O–H groups in total. The van der Waals surface area contributed by atoms with Gasteiger partial charge in [0.05, 0.1) is 0 Å². The van der Waals surface area contributed by atoms with Gasteiger partial charge in [-0.25, -0.2) is 5.10 Å². The van der Waals surface area contributed by atoms with Crippen LogP contribution in [0.25, 0.3) is 0 Å². The molecule has 0 aliphatic heterocycles. The van der Waals surface area contributed by atoms with E-state index in [-0.39, 0.29) is 0 Å². The molecule has 0 bridgehead atoms. The summed E-state index contributed by atoms with van der Waals surface area (Å²) in [4.78, 5) is 0. The molecular formula is C2H4N6. The fourth-order valence-electron chi connectivity index (χ4n) is 0.129. The quantitative estimate of drug-likeness (QED) is 0.318. The van der Waals surface area contributed by atoms with Gasteiger partial charge in [0.1, 0.15) is 6.33 Å². The molecule has 0 aliphatic carbocycles. The minimum Gasteiger partial charge on any atom is -0.337 e. The van der Waals surface area contributed by atoms with Crippen LogP contribution in [0, 0.1) is 11.5 Å². The number of tetrazole rings is 1. The maximum absolute atomic E-state index is 7.10. The van der Waals surface area contributed by atoms with Crippen LogP contribution in [0.1, 0.15) is 0 Å². The standard InChI is InChI=1S/CH2N4.CH2N2/c1-2-4-5-3-1;2-1-3/h1H,(H,2,3,4,5);2H2. The number of hydrogen-bond acceptors (Lipinski definition) is 5. The van der Waals surface area contributed by atoms with Crippen LogP contribution in [0.4, 0.5) is 0 Å². The SMILES string of the molecule is N#CN.c1nnn[nH]1. The van der Waals surface area contributed by atoms with Gasteiger partial charge in [0.15, 0.2) is 6.19 Å². The lowest BCUT2D eigenvalue weighted by Gasteiger charge is -1.42. The van der Waals surface area contributed by atoms with E-state index in [1.54, 1.807) is 0 Å². The van der Waals surface area contributed by atoms with Gasteiger partial charge in [-0.05, 0) is 10.4 Å². The van der Waals surface area contributed by atoms with Crippen LogP contribution in [0.15, 0.2) is 6.33 Å². The number of nitrogens with zero attached hydrogens (tertiary/aromatic N) is 4. The molecule has 42 valence electrons. The number of hydrogen-bond donors (Lipinski definition) is 2. The van der Waals surface area contributed by atoms with Crippen LogP contribution < -0.4 is 5.73 Å². The summed E-state index contributed by atoms with van der Waals surface area (Å²) < 4.78 is 0. The lowest BCUT2D eigenvalue weighted by atomic mass is 11.4. The molecule has 0 aromatic carbocycles. The van der Waals surface area contributed by atoms with Crippen molar-refractivity contribution in [2.45, 2.75) is 0 Å². The number of H-pyrrole nitrogens is 1. The third-order valence-electron chi connectivity index (χ3n) is 0.270. The minimum atomic E-state index is 1.25. The second kappa shape index (κ2) is 5.36. The molecule has 0 aliphatic rings. The highest BCUT2D eigenvalue weighted by Crippen LogP contribution is 1.43. The molecule has 0 spiro atoms. The van der Waals surface area contributed by atoms with Gasteiger partial charge >= 0.3 is 0 Å². The van der Waals surface area contributed by atoms with Gasteiger partial charge < -0.3 is 5.73 Å². The highest BCUT2D eigenvalue weighted by Gasteiger charge is 1.58. The molecule has 0 amide bonds. The van der Waals surface area contributed by atoms with Crippen molar-refractivity contribution in [1.29, 1.82) is 5.26 Å². The van der Waals surface area contributed by atoms with Crippen molar-refractivity contribution in [3.8, 4) is 6.19 Å². The summed E-state index contributed by atoms with van der Waals surface area (Å²) in [5, 5.41) is 19.2. The van der Waals surface area contributed by atoms with Gasteiger partial charge in [-0.1, -0.05) is 0 Å². The maximum atomic E-state index is 7.10. The van der Waals surface area contributed by atoms with Gasteiger partial charge in [0.25, 0.3) is 0 Å². The summed E-state index contributed by atoms with van der Waals surface area (Å²) in [5.41, 5.74) is 4.15. The summed E-state index contributed by atoms with van der Waals surface area (Å²) in [5.74, 6) is 0. The summed E-state index contributed by atoms with van der Waals surface area (Å²) >= 11 is 0. The first-order chi connectivity index (χ1) is 3.91. The minimum absolute atomic E-state index is 1.25. The van der Waals surface area contributed by atoms with E-state index in [0.29, 0.717) is 0 Å². The van der Waals surface area contributed by atoms with Crippen LogP contribution >= 0.6 is 0 Å². The second-order valence-electron chi connectivity index (χ2n) is 0.692. The zero-order chi connectivity index (χ0) is 6.24. The van der Waals surface area contributed by atoms with Crippen LogP contribution in [0.5, 0.6) is 0 Å². The predicted molar refractivity (Wildman–Crippen MR) is 24.0 cm³/mol. The average molecular weight is 112 g/mol. The van der Waals surface area contributed by atoms with Crippen LogP contribution in [-0.2, 0) is 0 Å². The summed E-state index contributed by atoms with van der Waals surface area (Å²) in [6.07, 6.45) is 2.65. The Morgan fingerprint density at radius 1 is 1.75 bits per heavy atom. The summed E-state index contributed by atoms with van der Waals surface area (Å²) in [6, 6.07) is 0. The third kappa shape index (κ3) is 4.36. The van der Waals surface area contributed by atoms with E-state index in [1.807, 2.05) is 0 Å². The first kappa shape index (κ1) is 6.36. The number of nitriles is 1. The Labute approximate surface area is 45.3 Å². The van der Waals surface area contributed by atoms with Crippen molar-refractivity contribution in [3.63, 3.8) is 0 Å². The van der Waals surface area contributed by atoms with Crippen LogP contribution in [0.3, 0.4) is 0 Å². The van der Waals surface area contributed by atoms with E-state index in [1.165, 1.54) is 12.5 Å². The van der Waals surface area contributed by atoms with Gasteiger partial charge in [-0.15, -0.1) is 5.10 Å². The first-order valence-corrected chi connectivity index (χ1v) is 1.68. The summed E-state index contributed by atoms with van der Waals surface area (Å²) in [6.45, 7) is 0. The van der Waals surface area contributed by atoms with Crippen molar-refractivity contribution in [1.82, 2.24) is 20.6 Å². The number of nitrogens with two attached hydrogens (primary N) is 1. The molecule has 0 saturated carbocycles. The van der Waals surface area contributed by atoms with Crippen molar-refractivity contribution < 1.29 is 0 Å². The maximum Gasteiger partial charge on any atom is 0.173 e. The van der Waals surface area contributed by atoms with E-state index in [9.17, 15) is 0 Å². The summed E-state index contributed by atoms with van der Waals surface area (Å²) in [7, 11) is 0. The normalized spacial score (nSPS) is 5.88. The van der Waals surface area contributed by atoms with Gasteiger partial charge in [-0.3, -0.25) is 0 Å². The highest BCUT2D eigenvalue weighted by atomic mass is 15.5. The highest BCUT2D eigenvalue weighted by molar-refractivity contribution is 4.46. The van der Waals surface area contributed by atoms with Gasteiger partial charge in [0, 0.05) is 0 Å².